The van der Waals surface area contributed by atoms with Gasteiger partial charge in [0, 0.05) is 6.04 Å². The van der Waals surface area contributed by atoms with E-state index in [0.717, 1.165) is 25.3 Å². The van der Waals surface area contributed by atoms with E-state index in [0.29, 0.717) is 23.2 Å². The smallest absolute Gasteiger partial charge is 0.184 e. The van der Waals surface area contributed by atoms with Crippen LogP contribution in [0.2, 0.25) is 0 Å². The fraction of sp³-hybridized carbons (Fsp3) is 0.562. The number of imidazole rings is 1. The molecule has 3 unspecified atom stereocenters. The molecule has 2 nitrogen and oxygen atoms in total. The summed E-state index contributed by atoms with van der Waals surface area (Å²) in [6.07, 6.45) is 3.18. The zero-order valence-electron chi connectivity index (χ0n) is 12.2. The van der Waals surface area contributed by atoms with Crippen molar-refractivity contribution in [2.45, 2.75) is 45.0 Å². The molecule has 0 spiro atoms. The fourth-order valence-electron chi connectivity index (χ4n) is 3.79. The van der Waals surface area contributed by atoms with Crippen LogP contribution in [0.15, 0.2) is 12.1 Å². The minimum Gasteiger partial charge on any atom is -0.321 e. The molecule has 0 saturated heterocycles. The first kappa shape index (κ1) is 14.8. The molecule has 0 amide bonds. The van der Waals surface area contributed by atoms with Crippen molar-refractivity contribution in [2.75, 3.05) is 0 Å². The SMILES string of the molecule is CCC1CCC(n2c(CCl)nc3ccc(F)c(F)c32)C1C. The maximum Gasteiger partial charge on any atom is 0.184 e. The number of rotatable bonds is 3. The first-order valence-corrected chi connectivity index (χ1v) is 8.02. The molecule has 1 saturated carbocycles. The van der Waals surface area contributed by atoms with Crippen LogP contribution in [0.3, 0.4) is 0 Å². The Hall–Kier alpha value is -1.16. The van der Waals surface area contributed by atoms with Crippen LogP contribution in [0, 0.1) is 23.5 Å². The Bertz CT molecular complexity index is 668. The molecule has 1 heterocycles. The van der Waals surface area contributed by atoms with Crippen molar-refractivity contribution in [1.82, 2.24) is 9.55 Å². The maximum atomic E-state index is 14.3. The molecule has 2 aromatic rings. The van der Waals surface area contributed by atoms with Gasteiger partial charge in [0.1, 0.15) is 11.3 Å². The van der Waals surface area contributed by atoms with Gasteiger partial charge in [-0.1, -0.05) is 20.3 Å². The van der Waals surface area contributed by atoms with Crippen molar-refractivity contribution in [1.29, 1.82) is 0 Å². The molecule has 1 aliphatic rings. The van der Waals surface area contributed by atoms with E-state index in [1.165, 1.54) is 6.07 Å². The van der Waals surface area contributed by atoms with E-state index in [1.54, 1.807) is 0 Å². The lowest BCUT2D eigenvalue weighted by Crippen LogP contribution is -2.18. The fourth-order valence-corrected chi connectivity index (χ4v) is 3.98. The van der Waals surface area contributed by atoms with Gasteiger partial charge in [0.15, 0.2) is 11.6 Å². The van der Waals surface area contributed by atoms with Crippen LogP contribution < -0.4 is 0 Å². The van der Waals surface area contributed by atoms with E-state index in [-0.39, 0.29) is 17.4 Å². The third-order valence-corrected chi connectivity index (χ3v) is 5.21. The zero-order valence-corrected chi connectivity index (χ0v) is 13.0. The highest BCUT2D eigenvalue weighted by molar-refractivity contribution is 6.16. The summed E-state index contributed by atoms with van der Waals surface area (Å²) in [6.45, 7) is 4.37. The van der Waals surface area contributed by atoms with E-state index in [1.807, 2.05) is 4.57 Å². The number of fused-ring (bicyclic) bond motifs is 1. The summed E-state index contributed by atoms with van der Waals surface area (Å²) in [6, 6.07) is 2.79. The maximum absolute atomic E-state index is 14.3. The van der Waals surface area contributed by atoms with Gasteiger partial charge in [-0.2, -0.15) is 0 Å². The molecule has 3 rings (SSSR count). The van der Waals surface area contributed by atoms with E-state index < -0.39 is 11.6 Å². The molecule has 1 aromatic carbocycles. The van der Waals surface area contributed by atoms with Crippen molar-refractivity contribution in [3.63, 3.8) is 0 Å². The predicted molar refractivity (Wildman–Crippen MR) is 80.4 cm³/mol. The predicted octanol–water partition coefficient (Wildman–Crippen LogP) is 5.05. The number of alkyl halides is 1. The van der Waals surface area contributed by atoms with Gasteiger partial charge in [-0.3, -0.25) is 0 Å². The van der Waals surface area contributed by atoms with Gasteiger partial charge in [0.05, 0.1) is 11.4 Å². The summed E-state index contributed by atoms with van der Waals surface area (Å²) in [7, 11) is 0. The Labute approximate surface area is 128 Å². The highest BCUT2D eigenvalue weighted by Crippen LogP contribution is 2.44. The van der Waals surface area contributed by atoms with Crippen LogP contribution in [0.25, 0.3) is 11.0 Å². The Morgan fingerprint density at radius 2 is 2.10 bits per heavy atom. The zero-order chi connectivity index (χ0) is 15.1. The topological polar surface area (TPSA) is 17.8 Å². The van der Waals surface area contributed by atoms with Crippen LogP contribution in [0.1, 0.15) is 45.0 Å². The minimum atomic E-state index is -0.831. The molecule has 0 N–H and O–H groups in total. The molecule has 1 fully saturated rings. The highest BCUT2D eigenvalue weighted by Gasteiger charge is 2.35. The largest absolute Gasteiger partial charge is 0.321 e. The number of benzene rings is 1. The number of nitrogens with zero attached hydrogens (tertiary/aromatic N) is 2. The summed E-state index contributed by atoms with van der Waals surface area (Å²) < 4.78 is 29.8. The molecule has 21 heavy (non-hydrogen) atoms. The molecular weight excluding hydrogens is 294 g/mol. The molecule has 3 atom stereocenters. The normalized spacial score (nSPS) is 25.9. The average Bonchev–Trinajstić information content (AvgIpc) is 3.03. The van der Waals surface area contributed by atoms with Crippen molar-refractivity contribution >= 4 is 22.6 Å². The van der Waals surface area contributed by atoms with Gasteiger partial charge in [-0.25, -0.2) is 13.8 Å². The first-order chi connectivity index (χ1) is 10.1. The number of hydrogen-bond acceptors (Lipinski definition) is 1. The van der Waals surface area contributed by atoms with E-state index in [9.17, 15) is 8.78 Å². The van der Waals surface area contributed by atoms with Gasteiger partial charge in [0.25, 0.3) is 0 Å². The lowest BCUT2D eigenvalue weighted by molar-refractivity contribution is 0.328. The molecule has 1 aromatic heterocycles. The molecule has 0 bridgehead atoms. The molecule has 0 radical (unpaired) electrons. The van der Waals surface area contributed by atoms with Crippen molar-refractivity contribution in [2.24, 2.45) is 11.8 Å². The Morgan fingerprint density at radius 3 is 2.71 bits per heavy atom. The van der Waals surface area contributed by atoms with Crippen molar-refractivity contribution in [3.8, 4) is 0 Å². The van der Waals surface area contributed by atoms with E-state index in [4.69, 9.17) is 11.6 Å². The third kappa shape index (κ3) is 2.24. The van der Waals surface area contributed by atoms with Gasteiger partial charge in [-0.15, -0.1) is 11.6 Å². The van der Waals surface area contributed by atoms with Crippen LogP contribution in [-0.2, 0) is 5.88 Å². The summed E-state index contributed by atoms with van der Waals surface area (Å²) in [4.78, 5) is 4.39. The second kappa shape index (κ2) is 5.56. The second-order valence-electron chi connectivity index (χ2n) is 5.93. The number of hydrogen-bond donors (Lipinski definition) is 0. The van der Waals surface area contributed by atoms with Crippen molar-refractivity contribution in [3.05, 3.63) is 29.6 Å². The van der Waals surface area contributed by atoms with E-state index in [2.05, 4.69) is 18.8 Å². The van der Waals surface area contributed by atoms with E-state index >= 15 is 0 Å². The van der Waals surface area contributed by atoms with Gasteiger partial charge < -0.3 is 4.57 Å². The molecule has 1 aliphatic carbocycles. The van der Waals surface area contributed by atoms with Gasteiger partial charge in [0.2, 0.25) is 0 Å². The summed E-state index contributed by atoms with van der Waals surface area (Å²) in [5.74, 6) is 0.218. The van der Waals surface area contributed by atoms with Gasteiger partial charge in [-0.05, 0) is 36.8 Å². The Kier molecular flexibility index (Phi) is 3.91. The number of halogens is 3. The highest BCUT2D eigenvalue weighted by atomic mass is 35.5. The summed E-state index contributed by atoms with van der Waals surface area (Å²) in [5.41, 5.74) is 0.746. The first-order valence-electron chi connectivity index (χ1n) is 7.49. The Morgan fingerprint density at radius 1 is 1.33 bits per heavy atom. The van der Waals surface area contributed by atoms with Crippen LogP contribution in [-0.4, -0.2) is 9.55 Å². The average molecular weight is 313 g/mol. The molecule has 5 heteroatoms. The van der Waals surface area contributed by atoms with Crippen LogP contribution in [0.4, 0.5) is 8.78 Å². The third-order valence-electron chi connectivity index (χ3n) is 4.98. The standard InChI is InChI=1S/C16H19ClF2N2/c1-3-10-4-7-13(9(10)2)21-14(8-17)20-12-6-5-11(18)15(19)16(12)21/h5-6,9-10,13H,3-4,7-8H2,1-2H3. The van der Waals surface area contributed by atoms with Crippen molar-refractivity contribution < 1.29 is 8.78 Å². The summed E-state index contributed by atoms with van der Waals surface area (Å²) in [5, 5.41) is 0. The van der Waals surface area contributed by atoms with Crippen LogP contribution in [0.5, 0.6) is 0 Å². The Balaban J connectivity index is 2.19. The molecular formula is C16H19ClF2N2. The minimum absolute atomic E-state index is 0.144. The summed E-state index contributed by atoms with van der Waals surface area (Å²) >= 11 is 5.99. The lowest BCUT2D eigenvalue weighted by Gasteiger charge is -2.23. The second-order valence-corrected chi connectivity index (χ2v) is 6.20. The molecule has 114 valence electrons. The monoisotopic (exact) mass is 312 g/mol. The molecule has 0 aliphatic heterocycles. The van der Waals surface area contributed by atoms with Crippen LogP contribution >= 0.6 is 11.6 Å². The number of aromatic nitrogens is 2. The van der Waals surface area contributed by atoms with Gasteiger partial charge >= 0.3 is 0 Å². The quantitative estimate of drug-likeness (QED) is 0.725. The lowest BCUT2D eigenvalue weighted by atomic mass is 9.93.